The summed E-state index contributed by atoms with van der Waals surface area (Å²) in [6, 6.07) is 0.589. The predicted octanol–water partition coefficient (Wildman–Crippen LogP) is 2.52. The number of hydrogen-bond donors (Lipinski definition) is 2. The van der Waals surface area contributed by atoms with Crippen LogP contribution in [-0.4, -0.2) is 43.5 Å². The van der Waals surface area contributed by atoms with Crippen molar-refractivity contribution in [3.63, 3.8) is 0 Å². The van der Waals surface area contributed by atoms with Crippen molar-refractivity contribution in [1.82, 2.24) is 10.2 Å². The van der Waals surface area contributed by atoms with Gasteiger partial charge in [0.1, 0.15) is 0 Å². The van der Waals surface area contributed by atoms with Gasteiger partial charge in [0.15, 0.2) is 0 Å². The Balaban J connectivity index is 2.28. The zero-order valence-corrected chi connectivity index (χ0v) is 14.3. The lowest BCUT2D eigenvalue weighted by Crippen LogP contribution is -2.46. The number of amides is 1. The fourth-order valence-electron chi connectivity index (χ4n) is 3.06. The summed E-state index contributed by atoms with van der Waals surface area (Å²) in [6.07, 6.45) is 8.88. The molecule has 0 atom stereocenters. The number of carbonyl (C=O) groups excluding carboxylic acids is 1. The van der Waals surface area contributed by atoms with Crippen LogP contribution in [0.3, 0.4) is 0 Å². The summed E-state index contributed by atoms with van der Waals surface area (Å²) >= 11 is 0. The molecule has 0 spiro atoms. The van der Waals surface area contributed by atoms with Crippen LogP contribution < -0.4 is 11.1 Å². The van der Waals surface area contributed by atoms with Crippen LogP contribution in [0, 0.1) is 5.41 Å². The summed E-state index contributed by atoms with van der Waals surface area (Å²) in [5, 5.41) is 3.14. The molecule has 1 aliphatic carbocycles. The van der Waals surface area contributed by atoms with Gasteiger partial charge in [-0.3, -0.25) is 4.79 Å². The summed E-state index contributed by atoms with van der Waals surface area (Å²) < 4.78 is 0. The molecule has 3 N–H and O–H groups in total. The molecule has 0 saturated heterocycles. The van der Waals surface area contributed by atoms with Gasteiger partial charge in [0.05, 0.1) is 5.41 Å². The quantitative estimate of drug-likeness (QED) is 0.534. The highest BCUT2D eigenvalue weighted by Gasteiger charge is 2.36. The van der Waals surface area contributed by atoms with Crippen molar-refractivity contribution in [1.29, 1.82) is 0 Å². The van der Waals surface area contributed by atoms with Crippen LogP contribution in [0.25, 0.3) is 0 Å². The Morgan fingerprint density at radius 1 is 1.19 bits per heavy atom. The maximum atomic E-state index is 12.5. The molecule has 0 aromatic rings. The van der Waals surface area contributed by atoms with Gasteiger partial charge in [-0.1, -0.05) is 25.7 Å². The molecule has 0 aromatic carbocycles. The number of rotatable bonds is 8. The number of hydrogen-bond acceptors (Lipinski definition) is 3. The van der Waals surface area contributed by atoms with Gasteiger partial charge in [-0.15, -0.1) is 0 Å². The fourth-order valence-corrected chi connectivity index (χ4v) is 3.06. The van der Waals surface area contributed by atoms with Gasteiger partial charge >= 0.3 is 0 Å². The van der Waals surface area contributed by atoms with Crippen molar-refractivity contribution in [2.24, 2.45) is 11.1 Å². The van der Waals surface area contributed by atoms with Gasteiger partial charge in [0.25, 0.3) is 0 Å². The lowest BCUT2D eigenvalue weighted by molar-refractivity contribution is -0.131. The van der Waals surface area contributed by atoms with Crippen LogP contribution in [0.5, 0.6) is 0 Å². The van der Waals surface area contributed by atoms with E-state index in [2.05, 4.69) is 31.1 Å². The molecule has 21 heavy (non-hydrogen) atoms. The third-order valence-electron chi connectivity index (χ3n) is 5.04. The van der Waals surface area contributed by atoms with E-state index in [9.17, 15) is 4.79 Å². The molecule has 1 aliphatic rings. The molecule has 0 heterocycles. The van der Waals surface area contributed by atoms with Crippen LogP contribution in [0.2, 0.25) is 0 Å². The minimum atomic E-state index is -0.286. The van der Waals surface area contributed by atoms with E-state index in [1.807, 2.05) is 0 Å². The number of unbranched alkanes of at least 4 members (excludes halogenated alkanes) is 1. The van der Waals surface area contributed by atoms with Crippen molar-refractivity contribution in [2.45, 2.75) is 71.3 Å². The summed E-state index contributed by atoms with van der Waals surface area (Å²) in [5.74, 6) is 0.198. The molecule has 0 unspecified atom stereocenters. The second-order valence-electron chi connectivity index (χ2n) is 6.94. The van der Waals surface area contributed by atoms with E-state index in [0.29, 0.717) is 12.6 Å². The average molecular weight is 297 g/mol. The summed E-state index contributed by atoms with van der Waals surface area (Å²) in [4.78, 5) is 14.8. The van der Waals surface area contributed by atoms with E-state index in [4.69, 9.17) is 5.73 Å². The molecular formula is C17H35N3O. The molecule has 0 aromatic heterocycles. The Morgan fingerprint density at radius 2 is 1.81 bits per heavy atom. The maximum Gasteiger partial charge on any atom is 0.227 e. The van der Waals surface area contributed by atoms with E-state index in [-0.39, 0.29) is 11.3 Å². The minimum absolute atomic E-state index is 0.198. The Morgan fingerprint density at radius 3 is 2.33 bits per heavy atom. The standard InChI is InChI=1S/C17H35N3O/c1-15(2)20(3)13-9-8-12-19-16(21)17(14-18)10-6-4-5-7-11-17/h15H,4-14,18H2,1-3H3,(H,19,21). The van der Waals surface area contributed by atoms with Crippen molar-refractivity contribution in [3.8, 4) is 0 Å². The monoisotopic (exact) mass is 297 g/mol. The first-order valence-electron chi connectivity index (χ1n) is 8.70. The Labute approximate surface area is 130 Å². The van der Waals surface area contributed by atoms with Crippen molar-refractivity contribution in [3.05, 3.63) is 0 Å². The highest BCUT2D eigenvalue weighted by molar-refractivity contribution is 5.82. The summed E-state index contributed by atoms with van der Waals surface area (Å²) in [5.41, 5.74) is 5.66. The molecule has 1 saturated carbocycles. The van der Waals surface area contributed by atoms with Crippen molar-refractivity contribution < 1.29 is 4.79 Å². The molecule has 1 rings (SSSR count). The Hall–Kier alpha value is -0.610. The lowest BCUT2D eigenvalue weighted by atomic mass is 9.79. The predicted molar refractivity (Wildman–Crippen MR) is 89.2 cm³/mol. The average Bonchev–Trinajstić information content (AvgIpc) is 2.72. The largest absolute Gasteiger partial charge is 0.356 e. The topological polar surface area (TPSA) is 58.4 Å². The first-order valence-corrected chi connectivity index (χ1v) is 8.70. The maximum absolute atomic E-state index is 12.5. The third-order valence-corrected chi connectivity index (χ3v) is 5.04. The normalized spacial score (nSPS) is 18.8. The number of nitrogens with one attached hydrogen (secondary N) is 1. The SMILES string of the molecule is CC(C)N(C)CCCCNC(=O)C1(CN)CCCCCC1. The highest BCUT2D eigenvalue weighted by Crippen LogP contribution is 2.34. The van der Waals surface area contributed by atoms with Crippen molar-refractivity contribution in [2.75, 3.05) is 26.7 Å². The van der Waals surface area contributed by atoms with Crippen LogP contribution >= 0.6 is 0 Å². The van der Waals surface area contributed by atoms with E-state index in [0.717, 1.165) is 51.6 Å². The first kappa shape index (κ1) is 18.4. The summed E-state index contributed by atoms with van der Waals surface area (Å²) in [7, 11) is 2.15. The highest BCUT2D eigenvalue weighted by atomic mass is 16.2. The molecule has 0 radical (unpaired) electrons. The van der Waals surface area contributed by atoms with Gasteiger partial charge in [-0.25, -0.2) is 0 Å². The van der Waals surface area contributed by atoms with E-state index in [1.54, 1.807) is 0 Å². The van der Waals surface area contributed by atoms with Gasteiger partial charge in [-0.05, 0) is 53.1 Å². The molecule has 1 amide bonds. The molecule has 0 aliphatic heterocycles. The van der Waals surface area contributed by atoms with Gasteiger partial charge < -0.3 is 16.0 Å². The zero-order chi connectivity index (χ0) is 15.7. The lowest BCUT2D eigenvalue weighted by Gasteiger charge is -2.30. The number of nitrogens with zero attached hydrogens (tertiary/aromatic N) is 1. The Bertz CT molecular complexity index is 296. The number of nitrogens with two attached hydrogens (primary N) is 1. The zero-order valence-electron chi connectivity index (χ0n) is 14.3. The minimum Gasteiger partial charge on any atom is -0.356 e. The molecule has 0 bridgehead atoms. The molecule has 124 valence electrons. The van der Waals surface area contributed by atoms with Gasteiger partial charge in [0, 0.05) is 19.1 Å². The van der Waals surface area contributed by atoms with E-state index in [1.165, 1.54) is 12.8 Å². The summed E-state index contributed by atoms with van der Waals surface area (Å²) in [6.45, 7) is 6.79. The molecular weight excluding hydrogens is 262 g/mol. The van der Waals surface area contributed by atoms with Crippen LogP contribution in [0.1, 0.15) is 65.2 Å². The van der Waals surface area contributed by atoms with Gasteiger partial charge in [-0.2, -0.15) is 0 Å². The second kappa shape index (κ2) is 9.42. The van der Waals surface area contributed by atoms with Crippen molar-refractivity contribution >= 4 is 5.91 Å². The van der Waals surface area contributed by atoms with Crippen LogP contribution in [0.15, 0.2) is 0 Å². The van der Waals surface area contributed by atoms with Crippen LogP contribution in [0.4, 0.5) is 0 Å². The smallest absolute Gasteiger partial charge is 0.227 e. The van der Waals surface area contributed by atoms with E-state index < -0.39 is 0 Å². The fraction of sp³-hybridized carbons (Fsp3) is 0.941. The third kappa shape index (κ3) is 5.95. The first-order chi connectivity index (χ1) is 10.0. The molecule has 4 nitrogen and oxygen atoms in total. The van der Waals surface area contributed by atoms with E-state index >= 15 is 0 Å². The Kier molecular flexibility index (Phi) is 8.27. The van der Waals surface area contributed by atoms with Crippen LogP contribution in [-0.2, 0) is 4.79 Å². The second-order valence-corrected chi connectivity index (χ2v) is 6.94. The molecule has 4 heteroatoms. The van der Waals surface area contributed by atoms with Gasteiger partial charge in [0.2, 0.25) is 5.91 Å². The molecule has 1 fully saturated rings. The number of carbonyl (C=O) groups is 1.